The summed E-state index contributed by atoms with van der Waals surface area (Å²) >= 11 is 0. The van der Waals surface area contributed by atoms with E-state index in [-0.39, 0.29) is 0 Å². The monoisotopic (exact) mass is 419 g/mol. The van der Waals surface area contributed by atoms with Crippen molar-refractivity contribution in [2.45, 2.75) is 46.6 Å². The quantitative estimate of drug-likeness (QED) is 0.379. The third-order valence-electron chi connectivity index (χ3n) is 4.82. The Bertz CT molecular complexity index is 1050. The molecule has 0 unspecified atom stereocenters. The topological polar surface area (TPSA) is 90.5 Å². The minimum atomic E-state index is 0.575. The van der Waals surface area contributed by atoms with Crippen LogP contribution in [0.3, 0.4) is 0 Å². The summed E-state index contributed by atoms with van der Waals surface area (Å²) in [7, 11) is 1.95. The van der Waals surface area contributed by atoms with Gasteiger partial charge >= 0.3 is 0 Å². The van der Waals surface area contributed by atoms with Gasteiger partial charge in [0.2, 0.25) is 5.95 Å². The van der Waals surface area contributed by atoms with Crippen molar-refractivity contribution in [3.8, 4) is 0 Å². The van der Waals surface area contributed by atoms with Crippen LogP contribution in [0.15, 0.2) is 54.8 Å². The number of benzene rings is 1. The first-order valence-electron chi connectivity index (χ1n) is 10.9. The van der Waals surface area contributed by atoms with Gasteiger partial charge in [-0.25, -0.2) is 9.97 Å². The predicted octanol–water partition coefficient (Wildman–Crippen LogP) is 5.13. The number of aryl methyl sites for hydroxylation is 1. The third-order valence-corrected chi connectivity index (χ3v) is 4.82. The van der Waals surface area contributed by atoms with Crippen molar-refractivity contribution < 1.29 is 0 Å². The van der Waals surface area contributed by atoms with Crippen molar-refractivity contribution in [2.24, 2.45) is 5.92 Å². The van der Waals surface area contributed by atoms with Gasteiger partial charge in [0, 0.05) is 36.7 Å². The Morgan fingerprint density at radius 3 is 2.74 bits per heavy atom. The van der Waals surface area contributed by atoms with Crippen LogP contribution in [0.5, 0.6) is 0 Å². The van der Waals surface area contributed by atoms with Crippen LogP contribution in [0.4, 0.5) is 11.8 Å². The minimum absolute atomic E-state index is 0.575. The van der Waals surface area contributed by atoms with Gasteiger partial charge in [-0.2, -0.15) is 4.98 Å². The van der Waals surface area contributed by atoms with Gasteiger partial charge < -0.3 is 20.9 Å². The van der Waals surface area contributed by atoms with Crippen LogP contribution < -0.4 is 16.0 Å². The Morgan fingerprint density at radius 2 is 2.03 bits per heavy atom. The molecule has 0 amide bonds. The number of fused-ring (bicyclic) bond motifs is 1. The molecule has 3 aromatic rings. The standard InChI is InChI=1S/C21H25N7.C3H8/c1-13-10-23-21(24-11-15-4-7-17-19(9-15)26-12-25-17)28-20(13)27-14(2)8-18(22-3)16-5-6-16;1-3-2/h4,7-10,12,16,22H,2,5-6,11H2,1,3H3,(H,25,26)(H2,23,24,27,28);3H2,1-2H3/b18-8-;. The summed E-state index contributed by atoms with van der Waals surface area (Å²) in [6.45, 7) is 11.0. The first-order valence-corrected chi connectivity index (χ1v) is 10.9. The van der Waals surface area contributed by atoms with E-state index < -0.39 is 0 Å². The van der Waals surface area contributed by atoms with Crippen LogP contribution in [0.2, 0.25) is 0 Å². The van der Waals surface area contributed by atoms with E-state index in [4.69, 9.17) is 0 Å². The number of H-pyrrole nitrogens is 1. The summed E-state index contributed by atoms with van der Waals surface area (Å²) in [6.07, 6.45) is 9.31. The summed E-state index contributed by atoms with van der Waals surface area (Å²) < 4.78 is 0. The van der Waals surface area contributed by atoms with Crippen molar-refractivity contribution in [2.75, 3.05) is 17.7 Å². The molecule has 7 heteroatoms. The lowest BCUT2D eigenvalue weighted by Crippen LogP contribution is -2.11. The fourth-order valence-electron chi connectivity index (χ4n) is 3.09. The van der Waals surface area contributed by atoms with E-state index in [1.807, 2.05) is 32.3 Å². The number of hydrogen-bond donors (Lipinski definition) is 4. The summed E-state index contributed by atoms with van der Waals surface area (Å²) in [4.78, 5) is 16.4. The second-order valence-corrected chi connectivity index (χ2v) is 7.81. The van der Waals surface area contributed by atoms with Crippen LogP contribution in [-0.4, -0.2) is 27.0 Å². The molecular formula is C24H33N7. The van der Waals surface area contributed by atoms with Crippen LogP contribution in [0.1, 0.15) is 44.2 Å². The van der Waals surface area contributed by atoms with Gasteiger partial charge in [0.25, 0.3) is 0 Å². The molecule has 0 bridgehead atoms. The highest BCUT2D eigenvalue weighted by atomic mass is 15.1. The zero-order valence-electron chi connectivity index (χ0n) is 18.9. The molecule has 7 nitrogen and oxygen atoms in total. The zero-order chi connectivity index (χ0) is 22.2. The molecule has 0 atom stereocenters. The van der Waals surface area contributed by atoms with Crippen LogP contribution in [0.25, 0.3) is 11.0 Å². The van der Waals surface area contributed by atoms with Crippen molar-refractivity contribution in [3.63, 3.8) is 0 Å². The average Bonchev–Trinajstić information content (AvgIpc) is 3.50. The van der Waals surface area contributed by atoms with E-state index in [1.54, 1.807) is 6.33 Å². The molecule has 1 fully saturated rings. The number of anilines is 2. The van der Waals surface area contributed by atoms with Gasteiger partial charge in [0.05, 0.1) is 17.4 Å². The maximum absolute atomic E-state index is 4.61. The Hall–Kier alpha value is -3.35. The predicted molar refractivity (Wildman–Crippen MR) is 129 cm³/mol. The van der Waals surface area contributed by atoms with E-state index in [2.05, 4.69) is 68.5 Å². The Kier molecular flexibility index (Phi) is 7.65. The number of nitrogens with zero attached hydrogens (tertiary/aromatic N) is 3. The van der Waals surface area contributed by atoms with E-state index in [9.17, 15) is 0 Å². The van der Waals surface area contributed by atoms with Crippen LogP contribution in [0, 0.1) is 12.8 Å². The number of hydrogen-bond acceptors (Lipinski definition) is 6. The average molecular weight is 420 g/mol. The third kappa shape index (κ3) is 6.31. The van der Waals surface area contributed by atoms with Gasteiger partial charge in [-0.15, -0.1) is 0 Å². The molecule has 31 heavy (non-hydrogen) atoms. The summed E-state index contributed by atoms with van der Waals surface area (Å²) in [5.41, 5.74) is 6.11. The van der Waals surface area contributed by atoms with Gasteiger partial charge in [0.15, 0.2) is 0 Å². The summed E-state index contributed by atoms with van der Waals surface area (Å²) in [6, 6.07) is 6.13. The van der Waals surface area contributed by atoms with E-state index in [0.29, 0.717) is 18.4 Å². The zero-order valence-corrected chi connectivity index (χ0v) is 18.9. The SMILES string of the molecule is C=C(/C=C(\NC)C1CC1)Nc1nc(NCc2ccc3nc[nH]c3c2)ncc1C.CCC. The minimum Gasteiger partial charge on any atom is -0.391 e. The summed E-state index contributed by atoms with van der Waals surface area (Å²) in [5.74, 6) is 1.97. The number of imidazole rings is 1. The molecule has 0 radical (unpaired) electrons. The first-order chi connectivity index (χ1) is 15.0. The lowest BCUT2D eigenvalue weighted by molar-refractivity contribution is 0.844. The lowest BCUT2D eigenvalue weighted by Gasteiger charge is -2.12. The number of nitrogens with one attached hydrogen (secondary N) is 4. The van der Waals surface area contributed by atoms with Gasteiger partial charge in [-0.3, -0.25) is 0 Å². The van der Waals surface area contributed by atoms with E-state index in [0.717, 1.165) is 33.7 Å². The summed E-state index contributed by atoms with van der Waals surface area (Å²) in [5, 5.41) is 9.85. The second kappa shape index (κ2) is 10.6. The number of allylic oxidation sites excluding steroid dienone is 2. The molecule has 2 heterocycles. The van der Waals surface area contributed by atoms with Crippen molar-refractivity contribution >= 4 is 22.8 Å². The molecule has 1 aliphatic rings. The highest BCUT2D eigenvalue weighted by molar-refractivity contribution is 5.75. The number of rotatable bonds is 8. The van der Waals surface area contributed by atoms with Crippen LogP contribution >= 0.6 is 0 Å². The van der Waals surface area contributed by atoms with Crippen LogP contribution in [-0.2, 0) is 6.54 Å². The largest absolute Gasteiger partial charge is 0.391 e. The molecule has 1 aliphatic carbocycles. The van der Waals surface area contributed by atoms with E-state index in [1.165, 1.54) is 25.0 Å². The van der Waals surface area contributed by atoms with Crippen molar-refractivity contribution in [1.29, 1.82) is 0 Å². The fraction of sp³-hybridized carbons (Fsp3) is 0.375. The fourth-order valence-corrected chi connectivity index (χ4v) is 3.09. The maximum Gasteiger partial charge on any atom is 0.224 e. The molecule has 164 valence electrons. The number of aromatic amines is 1. The van der Waals surface area contributed by atoms with Crippen molar-refractivity contribution in [3.05, 3.63) is 65.9 Å². The first kappa shape index (κ1) is 22.3. The molecule has 1 aromatic carbocycles. The number of aromatic nitrogens is 4. The Labute approximate surface area is 184 Å². The maximum atomic E-state index is 4.61. The Balaban J connectivity index is 0.000000858. The highest BCUT2D eigenvalue weighted by Gasteiger charge is 2.25. The van der Waals surface area contributed by atoms with Gasteiger partial charge in [0.1, 0.15) is 5.82 Å². The van der Waals surface area contributed by atoms with Gasteiger partial charge in [-0.1, -0.05) is 32.9 Å². The molecular weight excluding hydrogens is 386 g/mol. The normalized spacial score (nSPS) is 13.4. The smallest absolute Gasteiger partial charge is 0.224 e. The molecule has 2 aromatic heterocycles. The second-order valence-electron chi connectivity index (χ2n) is 7.81. The molecule has 0 spiro atoms. The lowest BCUT2D eigenvalue weighted by atomic mass is 10.2. The highest BCUT2D eigenvalue weighted by Crippen LogP contribution is 2.35. The molecule has 4 rings (SSSR count). The van der Waals surface area contributed by atoms with Gasteiger partial charge in [-0.05, 0) is 49.5 Å². The van der Waals surface area contributed by atoms with Crippen molar-refractivity contribution in [1.82, 2.24) is 25.3 Å². The molecule has 0 saturated heterocycles. The Morgan fingerprint density at radius 1 is 1.26 bits per heavy atom. The van der Waals surface area contributed by atoms with E-state index >= 15 is 0 Å². The molecule has 4 N–H and O–H groups in total. The molecule has 1 saturated carbocycles. The molecule has 0 aliphatic heterocycles.